The lowest BCUT2D eigenvalue weighted by Crippen LogP contribution is -2.19. The van der Waals surface area contributed by atoms with Gasteiger partial charge in [0.1, 0.15) is 0 Å². The minimum Gasteiger partial charge on any atom is -0.330 e. The Morgan fingerprint density at radius 1 is 1.37 bits per heavy atom. The molecule has 0 saturated carbocycles. The third kappa shape index (κ3) is 3.17. The highest BCUT2D eigenvalue weighted by molar-refractivity contribution is 8.00. The fraction of sp³-hybridized carbons (Fsp3) is 0.286. The molecule has 1 aromatic carbocycles. The molecule has 0 aliphatic rings. The zero-order valence-electron chi connectivity index (χ0n) is 11.3. The first-order valence-corrected chi connectivity index (χ1v) is 7.13. The van der Waals surface area contributed by atoms with Crippen molar-refractivity contribution in [2.24, 2.45) is 7.05 Å². The summed E-state index contributed by atoms with van der Waals surface area (Å²) in [6, 6.07) is 9.66. The number of anilines is 1. The summed E-state index contributed by atoms with van der Waals surface area (Å²) in [7, 11) is 1.67. The number of nitrogens with one attached hydrogen (secondary N) is 1. The molecule has 1 N–H and O–H groups in total. The second-order valence-electron chi connectivity index (χ2n) is 4.25. The maximum Gasteiger partial charge on any atom is 0.266 e. The van der Waals surface area contributed by atoms with Crippen molar-refractivity contribution in [3.8, 4) is 11.3 Å². The van der Waals surface area contributed by atoms with Crippen molar-refractivity contribution in [2.75, 3.05) is 10.5 Å². The van der Waals surface area contributed by atoms with E-state index in [1.54, 1.807) is 25.1 Å². The van der Waals surface area contributed by atoms with Crippen LogP contribution in [0.5, 0.6) is 0 Å². The lowest BCUT2D eigenvalue weighted by molar-refractivity contribution is 0.708. The molecular weight excluding hydrogens is 258 g/mol. The van der Waals surface area contributed by atoms with Crippen LogP contribution in [0.4, 0.5) is 5.69 Å². The minimum atomic E-state index is -0.0860. The molecule has 0 fully saturated rings. The molecule has 0 spiro atoms. The van der Waals surface area contributed by atoms with Gasteiger partial charge >= 0.3 is 0 Å². The van der Waals surface area contributed by atoms with Gasteiger partial charge in [-0.1, -0.05) is 31.0 Å². The highest BCUT2D eigenvalue weighted by atomic mass is 32.2. The summed E-state index contributed by atoms with van der Waals surface area (Å²) in [4.78, 5) is 11.5. The Kier molecular flexibility index (Phi) is 4.27. The highest BCUT2D eigenvalue weighted by Gasteiger charge is 2.07. The van der Waals surface area contributed by atoms with Gasteiger partial charge in [0.15, 0.2) is 0 Å². The molecule has 5 heteroatoms. The average molecular weight is 275 g/mol. The van der Waals surface area contributed by atoms with Crippen molar-refractivity contribution in [2.45, 2.75) is 13.8 Å². The van der Waals surface area contributed by atoms with E-state index in [9.17, 15) is 4.79 Å². The summed E-state index contributed by atoms with van der Waals surface area (Å²) in [6.07, 6.45) is 0. The van der Waals surface area contributed by atoms with E-state index in [-0.39, 0.29) is 5.56 Å². The van der Waals surface area contributed by atoms with Crippen LogP contribution in [0, 0.1) is 6.92 Å². The van der Waals surface area contributed by atoms with E-state index >= 15 is 0 Å². The molecule has 0 saturated heterocycles. The summed E-state index contributed by atoms with van der Waals surface area (Å²) in [5, 5.41) is 4.33. The molecule has 1 heterocycles. The SMILES string of the molecule is CCSNc1cccc(-c2nn(C)c(=O)cc2C)c1. The molecule has 4 nitrogen and oxygen atoms in total. The van der Waals surface area contributed by atoms with Crippen molar-refractivity contribution in [3.05, 3.63) is 46.2 Å². The molecule has 0 aliphatic heterocycles. The Hall–Kier alpha value is -1.75. The second-order valence-corrected chi connectivity index (χ2v) is 5.32. The maximum absolute atomic E-state index is 11.5. The van der Waals surface area contributed by atoms with Gasteiger partial charge < -0.3 is 4.72 Å². The molecule has 2 rings (SSSR count). The zero-order chi connectivity index (χ0) is 13.8. The molecule has 19 heavy (non-hydrogen) atoms. The van der Waals surface area contributed by atoms with Gasteiger partial charge in [0.25, 0.3) is 5.56 Å². The van der Waals surface area contributed by atoms with Crippen molar-refractivity contribution >= 4 is 17.6 Å². The topological polar surface area (TPSA) is 46.9 Å². The fourth-order valence-corrected chi connectivity index (χ4v) is 2.23. The smallest absolute Gasteiger partial charge is 0.266 e. The van der Waals surface area contributed by atoms with Crippen LogP contribution in [0.1, 0.15) is 12.5 Å². The molecule has 0 bridgehead atoms. The molecule has 0 amide bonds. The molecule has 100 valence electrons. The van der Waals surface area contributed by atoms with Crippen LogP contribution in [-0.2, 0) is 7.05 Å². The van der Waals surface area contributed by atoms with Crippen molar-refractivity contribution < 1.29 is 0 Å². The lowest BCUT2D eigenvalue weighted by Gasteiger charge is -2.09. The largest absolute Gasteiger partial charge is 0.330 e. The van der Waals surface area contributed by atoms with Crippen LogP contribution in [0.25, 0.3) is 11.3 Å². The standard InChI is InChI=1S/C14H17N3OS/c1-4-19-16-12-7-5-6-11(9-12)14-10(2)8-13(18)17(3)15-14/h5-9,16H,4H2,1-3H3. The Bertz CT molecular complexity index is 637. The number of aromatic nitrogens is 2. The van der Waals surface area contributed by atoms with Crippen molar-refractivity contribution in [3.63, 3.8) is 0 Å². The van der Waals surface area contributed by atoms with Crippen LogP contribution in [0.3, 0.4) is 0 Å². The van der Waals surface area contributed by atoms with E-state index in [4.69, 9.17) is 0 Å². The highest BCUT2D eigenvalue weighted by Crippen LogP contribution is 2.23. The monoisotopic (exact) mass is 275 g/mol. The number of benzene rings is 1. The molecule has 0 aliphatic carbocycles. The molecule has 0 radical (unpaired) electrons. The van der Waals surface area contributed by atoms with Crippen LogP contribution in [-0.4, -0.2) is 15.5 Å². The lowest BCUT2D eigenvalue weighted by atomic mass is 10.1. The van der Waals surface area contributed by atoms with Gasteiger partial charge in [0, 0.05) is 30.1 Å². The van der Waals surface area contributed by atoms with Crippen molar-refractivity contribution in [1.82, 2.24) is 9.78 Å². The maximum atomic E-state index is 11.5. The Morgan fingerprint density at radius 2 is 2.16 bits per heavy atom. The third-order valence-electron chi connectivity index (χ3n) is 2.75. The Labute approximate surface area is 117 Å². The van der Waals surface area contributed by atoms with E-state index in [1.165, 1.54) is 4.68 Å². The summed E-state index contributed by atoms with van der Waals surface area (Å²) in [5.41, 5.74) is 3.70. The Balaban J connectivity index is 2.41. The predicted molar refractivity (Wildman–Crippen MR) is 81.4 cm³/mol. The van der Waals surface area contributed by atoms with E-state index in [0.717, 1.165) is 28.3 Å². The molecular formula is C14H17N3OS. The zero-order valence-corrected chi connectivity index (χ0v) is 12.1. The quantitative estimate of drug-likeness (QED) is 0.872. The van der Waals surface area contributed by atoms with E-state index < -0.39 is 0 Å². The summed E-state index contributed by atoms with van der Waals surface area (Å²) >= 11 is 1.65. The molecule has 1 aromatic heterocycles. The van der Waals surface area contributed by atoms with Gasteiger partial charge in [-0.15, -0.1) is 0 Å². The fourth-order valence-electron chi connectivity index (χ4n) is 1.80. The number of hydrogen-bond donors (Lipinski definition) is 1. The van der Waals surface area contributed by atoms with E-state index in [2.05, 4.69) is 16.7 Å². The number of rotatable bonds is 4. The third-order valence-corrected chi connectivity index (χ3v) is 3.42. The molecule has 0 unspecified atom stereocenters. The first-order valence-electron chi connectivity index (χ1n) is 6.15. The normalized spacial score (nSPS) is 10.5. The molecule has 0 atom stereocenters. The number of aryl methyl sites for hydroxylation is 2. The number of nitrogens with zero attached hydrogens (tertiary/aromatic N) is 2. The summed E-state index contributed by atoms with van der Waals surface area (Å²) < 4.78 is 4.63. The van der Waals surface area contributed by atoms with E-state index in [0.29, 0.717) is 0 Å². The summed E-state index contributed by atoms with van der Waals surface area (Å²) in [5.74, 6) is 1.00. The number of hydrogen-bond acceptors (Lipinski definition) is 4. The minimum absolute atomic E-state index is 0.0860. The van der Waals surface area contributed by atoms with Gasteiger partial charge in [-0.2, -0.15) is 5.10 Å². The predicted octanol–water partition coefficient (Wildman–Crippen LogP) is 2.84. The van der Waals surface area contributed by atoms with Crippen LogP contribution in [0.2, 0.25) is 0 Å². The average Bonchev–Trinajstić information content (AvgIpc) is 2.41. The van der Waals surface area contributed by atoms with Crippen LogP contribution < -0.4 is 10.3 Å². The van der Waals surface area contributed by atoms with Gasteiger partial charge in [0.05, 0.1) is 5.69 Å². The van der Waals surface area contributed by atoms with Gasteiger partial charge in [0.2, 0.25) is 0 Å². The summed E-state index contributed by atoms with van der Waals surface area (Å²) in [6.45, 7) is 4.00. The van der Waals surface area contributed by atoms with Crippen molar-refractivity contribution in [1.29, 1.82) is 0 Å². The van der Waals surface area contributed by atoms with Gasteiger partial charge in [-0.25, -0.2) is 4.68 Å². The first-order chi connectivity index (χ1) is 9.11. The van der Waals surface area contributed by atoms with Gasteiger partial charge in [-0.05, 0) is 24.6 Å². The Morgan fingerprint density at radius 3 is 2.89 bits per heavy atom. The molecule has 2 aromatic rings. The van der Waals surface area contributed by atoms with Crippen LogP contribution >= 0.6 is 11.9 Å². The second kappa shape index (κ2) is 5.93. The van der Waals surface area contributed by atoms with Crippen LogP contribution in [0.15, 0.2) is 35.1 Å². The van der Waals surface area contributed by atoms with E-state index in [1.807, 2.05) is 31.2 Å². The van der Waals surface area contributed by atoms with Gasteiger partial charge in [-0.3, -0.25) is 4.79 Å². The first kappa shape index (κ1) is 13.7.